The van der Waals surface area contributed by atoms with E-state index in [1.54, 1.807) is 0 Å². The predicted octanol–water partition coefficient (Wildman–Crippen LogP) is 2.66. The fourth-order valence-corrected chi connectivity index (χ4v) is 1.09. The summed E-state index contributed by atoms with van der Waals surface area (Å²) in [5, 5.41) is 4.32. The van der Waals surface area contributed by atoms with Crippen molar-refractivity contribution in [2.75, 3.05) is 0 Å². The van der Waals surface area contributed by atoms with Gasteiger partial charge in [0.25, 0.3) is 0 Å². The van der Waals surface area contributed by atoms with Crippen LogP contribution in [-0.2, 0) is 6.42 Å². The van der Waals surface area contributed by atoms with Gasteiger partial charge in [-0.2, -0.15) is 5.10 Å². The number of nitrogens with zero attached hydrogens (tertiary/aromatic N) is 2. The second-order valence-electron chi connectivity index (χ2n) is 3.67. The average molecular weight is 166 g/mol. The van der Waals surface area contributed by atoms with Crippen LogP contribution < -0.4 is 0 Å². The first-order valence-corrected chi connectivity index (χ1v) is 4.68. The van der Waals surface area contributed by atoms with Crippen molar-refractivity contribution < 1.29 is 0 Å². The minimum atomic E-state index is 0.505. The maximum absolute atomic E-state index is 4.32. The van der Waals surface area contributed by atoms with Crippen molar-refractivity contribution in [1.29, 1.82) is 0 Å². The van der Waals surface area contributed by atoms with Gasteiger partial charge in [-0.05, 0) is 24.8 Å². The third kappa shape index (κ3) is 1.87. The fraction of sp³-hybridized carbons (Fsp3) is 0.700. The van der Waals surface area contributed by atoms with E-state index in [2.05, 4.69) is 43.7 Å². The van der Waals surface area contributed by atoms with Gasteiger partial charge >= 0.3 is 0 Å². The maximum Gasteiger partial charge on any atom is 0.0521 e. The van der Waals surface area contributed by atoms with Crippen LogP contribution in [0.5, 0.6) is 0 Å². The molecule has 1 atom stereocenters. The first-order valence-electron chi connectivity index (χ1n) is 4.68. The number of aromatic nitrogens is 2. The Bertz CT molecular complexity index is 238. The van der Waals surface area contributed by atoms with E-state index in [0.717, 1.165) is 6.42 Å². The Morgan fingerprint density at radius 2 is 2.08 bits per heavy atom. The van der Waals surface area contributed by atoms with Crippen LogP contribution in [0.1, 0.15) is 39.3 Å². The average Bonchev–Trinajstić information content (AvgIpc) is 2.50. The van der Waals surface area contributed by atoms with Gasteiger partial charge < -0.3 is 0 Å². The lowest BCUT2D eigenvalue weighted by Crippen LogP contribution is -2.11. The molecule has 2 nitrogen and oxygen atoms in total. The molecule has 0 aliphatic rings. The number of hydrogen-bond acceptors (Lipinski definition) is 1. The number of aryl methyl sites for hydroxylation is 1. The molecule has 0 amide bonds. The topological polar surface area (TPSA) is 17.8 Å². The summed E-state index contributed by atoms with van der Waals surface area (Å²) in [7, 11) is 0. The van der Waals surface area contributed by atoms with Crippen molar-refractivity contribution >= 4 is 0 Å². The molecule has 1 aromatic heterocycles. The molecule has 2 heteroatoms. The molecule has 0 N–H and O–H groups in total. The largest absolute Gasteiger partial charge is 0.269 e. The van der Waals surface area contributed by atoms with Crippen LogP contribution in [0.2, 0.25) is 0 Å². The zero-order valence-corrected chi connectivity index (χ0v) is 8.41. The van der Waals surface area contributed by atoms with Crippen molar-refractivity contribution in [2.45, 2.75) is 40.2 Å². The van der Waals surface area contributed by atoms with E-state index in [0.29, 0.717) is 12.0 Å². The second kappa shape index (κ2) is 3.74. The summed E-state index contributed by atoms with van der Waals surface area (Å²) in [6.45, 7) is 8.80. The molecule has 1 heterocycles. The Kier molecular flexibility index (Phi) is 2.90. The van der Waals surface area contributed by atoms with Crippen LogP contribution in [0.15, 0.2) is 12.4 Å². The SMILES string of the molecule is CCc1cnn([C@H](C)C(C)C)c1. The van der Waals surface area contributed by atoms with Gasteiger partial charge in [-0.15, -0.1) is 0 Å². The van der Waals surface area contributed by atoms with E-state index in [9.17, 15) is 0 Å². The number of hydrogen-bond donors (Lipinski definition) is 0. The van der Waals surface area contributed by atoms with Crippen molar-refractivity contribution in [3.05, 3.63) is 18.0 Å². The molecule has 0 aliphatic heterocycles. The molecule has 1 rings (SSSR count). The Labute approximate surface area is 74.6 Å². The van der Waals surface area contributed by atoms with Crippen molar-refractivity contribution in [3.63, 3.8) is 0 Å². The van der Waals surface area contributed by atoms with Crippen molar-refractivity contribution in [3.8, 4) is 0 Å². The molecule has 0 saturated heterocycles. The van der Waals surface area contributed by atoms with E-state index in [4.69, 9.17) is 0 Å². The summed E-state index contributed by atoms with van der Waals surface area (Å²) in [6, 6.07) is 0.505. The van der Waals surface area contributed by atoms with E-state index in [1.807, 2.05) is 6.20 Å². The smallest absolute Gasteiger partial charge is 0.0521 e. The molecular formula is C10H18N2. The Balaban J connectivity index is 2.74. The first kappa shape index (κ1) is 9.30. The van der Waals surface area contributed by atoms with Gasteiger partial charge in [-0.25, -0.2) is 0 Å². The van der Waals surface area contributed by atoms with Gasteiger partial charge in [0.15, 0.2) is 0 Å². The van der Waals surface area contributed by atoms with Gasteiger partial charge in [-0.1, -0.05) is 20.8 Å². The number of rotatable bonds is 3. The quantitative estimate of drug-likeness (QED) is 0.675. The monoisotopic (exact) mass is 166 g/mol. The van der Waals surface area contributed by atoms with Gasteiger partial charge in [0, 0.05) is 6.20 Å². The minimum absolute atomic E-state index is 0.505. The van der Waals surface area contributed by atoms with Gasteiger partial charge in [-0.3, -0.25) is 4.68 Å². The van der Waals surface area contributed by atoms with Crippen LogP contribution >= 0.6 is 0 Å². The molecule has 0 unspecified atom stereocenters. The van der Waals surface area contributed by atoms with Gasteiger partial charge in [0.05, 0.1) is 12.2 Å². The standard InChI is InChI=1S/C10H18N2/c1-5-10-6-11-12(7-10)9(4)8(2)3/h6-9H,5H2,1-4H3/t9-/m1/s1. The van der Waals surface area contributed by atoms with Crippen LogP contribution in [0.25, 0.3) is 0 Å². The molecule has 68 valence electrons. The maximum atomic E-state index is 4.32. The molecular weight excluding hydrogens is 148 g/mol. The van der Waals surface area contributed by atoms with E-state index >= 15 is 0 Å². The first-order chi connectivity index (χ1) is 5.65. The van der Waals surface area contributed by atoms with Crippen molar-refractivity contribution in [2.24, 2.45) is 5.92 Å². The fourth-order valence-electron chi connectivity index (χ4n) is 1.09. The van der Waals surface area contributed by atoms with Crippen molar-refractivity contribution in [1.82, 2.24) is 9.78 Å². The van der Waals surface area contributed by atoms with Gasteiger partial charge in [0.1, 0.15) is 0 Å². The normalized spacial score (nSPS) is 13.8. The van der Waals surface area contributed by atoms with Crippen LogP contribution in [0.4, 0.5) is 0 Å². The Hall–Kier alpha value is -0.790. The van der Waals surface area contributed by atoms with E-state index in [1.165, 1.54) is 5.56 Å². The van der Waals surface area contributed by atoms with Crippen LogP contribution in [-0.4, -0.2) is 9.78 Å². The molecule has 0 bridgehead atoms. The lowest BCUT2D eigenvalue weighted by molar-refractivity contribution is 0.375. The summed E-state index contributed by atoms with van der Waals surface area (Å²) in [5.74, 6) is 0.648. The molecule has 0 saturated carbocycles. The highest BCUT2D eigenvalue weighted by atomic mass is 15.3. The summed E-state index contributed by atoms with van der Waals surface area (Å²) >= 11 is 0. The highest BCUT2D eigenvalue weighted by molar-refractivity contribution is 5.03. The second-order valence-corrected chi connectivity index (χ2v) is 3.67. The lowest BCUT2D eigenvalue weighted by atomic mass is 10.1. The minimum Gasteiger partial charge on any atom is -0.269 e. The van der Waals surface area contributed by atoms with E-state index < -0.39 is 0 Å². The van der Waals surface area contributed by atoms with Crippen LogP contribution in [0.3, 0.4) is 0 Å². The predicted molar refractivity (Wildman–Crippen MR) is 51.2 cm³/mol. The summed E-state index contributed by atoms with van der Waals surface area (Å²) in [6.07, 6.45) is 5.17. The molecule has 0 aromatic carbocycles. The molecule has 0 aliphatic carbocycles. The third-order valence-electron chi connectivity index (χ3n) is 2.45. The summed E-state index contributed by atoms with van der Waals surface area (Å²) in [4.78, 5) is 0. The third-order valence-corrected chi connectivity index (χ3v) is 2.45. The van der Waals surface area contributed by atoms with Gasteiger partial charge in [0.2, 0.25) is 0 Å². The molecule has 0 radical (unpaired) electrons. The lowest BCUT2D eigenvalue weighted by Gasteiger charge is -2.15. The van der Waals surface area contributed by atoms with E-state index in [-0.39, 0.29) is 0 Å². The Morgan fingerprint density at radius 3 is 2.50 bits per heavy atom. The van der Waals surface area contributed by atoms with Crippen LogP contribution in [0, 0.1) is 5.92 Å². The molecule has 0 spiro atoms. The highest BCUT2D eigenvalue weighted by Gasteiger charge is 2.09. The molecule has 1 aromatic rings. The Morgan fingerprint density at radius 1 is 1.42 bits per heavy atom. The zero-order chi connectivity index (χ0) is 9.14. The highest BCUT2D eigenvalue weighted by Crippen LogP contribution is 2.15. The summed E-state index contributed by atoms with van der Waals surface area (Å²) in [5.41, 5.74) is 1.32. The zero-order valence-electron chi connectivity index (χ0n) is 8.41. The molecule has 0 fully saturated rings. The summed E-state index contributed by atoms with van der Waals surface area (Å²) < 4.78 is 2.06. The molecule has 12 heavy (non-hydrogen) atoms.